The summed E-state index contributed by atoms with van der Waals surface area (Å²) in [7, 11) is 1.83. The number of aliphatic imine (C=N–C) groups is 1. The highest BCUT2D eigenvalue weighted by atomic mass is 16.5. The van der Waals surface area contributed by atoms with Crippen LogP contribution in [0.5, 0.6) is 0 Å². The summed E-state index contributed by atoms with van der Waals surface area (Å²) < 4.78 is 7.22. The van der Waals surface area contributed by atoms with E-state index in [4.69, 9.17) is 4.74 Å². The Morgan fingerprint density at radius 2 is 2.08 bits per heavy atom. The average molecular weight is 339 g/mol. The van der Waals surface area contributed by atoms with Crippen molar-refractivity contribution in [3.63, 3.8) is 0 Å². The summed E-state index contributed by atoms with van der Waals surface area (Å²) >= 11 is 0. The van der Waals surface area contributed by atoms with Crippen LogP contribution in [0.4, 0.5) is 0 Å². The van der Waals surface area contributed by atoms with Crippen LogP contribution in [0.1, 0.15) is 45.6 Å². The van der Waals surface area contributed by atoms with E-state index in [0.29, 0.717) is 5.96 Å². The Bertz CT molecular complexity index is 485. The van der Waals surface area contributed by atoms with Gasteiger partial charge in [-0.05, 0) is 26.7 Å². The van der Waals surface area contributed by atoms with Crippen LogP contribution in [0.15, 0.2) is 17.4 Å². The molecule has 1 rings (SSSR count). The van der Waals surface area contributed by atoms with Crippen molar-refractivity contribution in [1.29, 1.82) is 0 Å². The predicted molar refractivity (Wildman–Crippen MR) is 97.1 cm³/mol. The molecule has 0 aliphatic carbocycles. The van der Waals surface area contributed by atoms with Gasteiger partial charge in [-0.15, -0.1) is 0 Å². The highest BCUT2D eigenvalue weighted by Gasteiger charge is 2.24. The van der Waals surface area contributed by atoms with Gasteiger partial charge in [0.25, 0.3) is 0 Å². The van der Waals surface area contributed by atoms with Crippen LogP contribution in [-0.2, 0) is 17.4 Å². The van der Waals surface area contributed by atoms with Crippen molar-refractivity contribution in [2.45, 2.75) is 45.6 Å². The maximum absolute atomic E-state index is 10.6. The van der Waals surface area contributed by atoms with Gasteiger partial charge in [-0.3, -0.25) is 4.68 Å². The Labute approximate surface area is 145 Å². The van der Waals surface area contributed by atoms with E-state index in [1.54, 1.807) is 17.8 Å². The molecule has 0 bridgehead atoms. The molecule has 0 saturated heterocycles. The van der Waals surface area contributed by atoms with Gasteiger partial charge in [0, 0.05) is 45.1 Å². The molecule has 0 fully saturated rings. The van der Waals surface area contributed by atoms with Crippen molar-refractivity contribution in [2.75, 3.05) is 32.8 Å². The SMILES string of the molecule is CCCCOCCCNC(=NCC(C)(O)c1cnn(C)c1)NCC. The predicted octanol–water partition coefficient (Wildman–Crippen LogP) is 1.39. The molecule has 0 radical (unpaired) electrons. The Balaban J connectivity index is 2.41. The number of nitrogens with zero attached hydrogens (tertiary/aromatic N) is 3. The number of ether oxygens (including phenoxy) is 1. The first kappa shape index (κ1) is 20.4. The molecular weight excluding hydrogens is 306 g/mol. The first-order valence-electron chi connectivity index (χ1n) is 8.81. The largest absolute Gasteiger partial charge is 0.383 e. The van der Waals surface area contributed by atoms with E-state index in [0.717, 1.165) is 51.1 Å². The Hall–Kier alpha value is -1.60. The molecule has 138 valence electrons. The smallest absolute Gasteiger partial charge is 0.191 e. The minimum atomic E-state index is -1.04. The lowest BCUT2D eigenvalue weighted by Crippen LogP contribution is -2.39. The van der Waals surface area contributed by atoms with Crippen molar-refractivity contribution in [1.82, 2.24) is 20.4 Å². The molecule has 0 aliphatic rings. The summed E-state index contributed by atoms with van der Waals surface area (Å²) in [6.45, 7) is 9.33. The van der Waals surface area contributed by atoms with E-state index in [9.17, 15) is 5.11 Å². The molecule has 0 saturated carbocycles. The highest BCUT2D eigenvalue weighted by molar-refractivity contribution is 5.79. The second-order valence-corrected chi connectivity index (χ2v) is 6.12. The van der Waals surface area contributed by atoms with Crippen molar-refractivity contribution in [3.8, 4) is 0 Å². The van der Waals surface area contributed by atoms with Gasteiger partial charge in [0.15, 0.2) is 5.96 Å². The lowest BCUT2D eigenvalue weighted by Gasteiger charge is -2.20. The number of unbranched alkanes of at least 4 members (excludes halogenated alkanes) is 1. The van der Waals surface area contributed by atoms with E-state index in [-0.39, 0.29) is 6.54 Å². The van der Waals surface area contributed by atoms with Crippen molar-refractivity contribution < 1.29 is 9.84 Å². The first-order valence-corrected chi connectivity index (χ1v) is 8.81. The second kappa shape index (κ2) is 11.0. The van der Waals surface area contributed by atoms with Crippen LogP contribution >= 0.6 is 0 Å². The number of nitrogens with one attached hydrogen (secondary N) is 2. The van der Waals surface area contributed by atoms with Gasteiger partial charge < -0.3 is 20.5 Å². The summed E-state index contributed by atoms with van der Waals surface area (Å²) in [6, 6.07) is 0. The molecule has 0 amide bonds. The van der Waals surface area contributed by atoms with Gasteiger partial charge in [-0.25, -0.2) is 4.99 Å². The first-order chi connectivity index (χ1) is 11.5. The van der Waals surface area contributed by atoms with Crippen LogP contribution in [0.25, 0.3) is 0 Å². The van der Waals surface area contributed by atoms with E-state index in [2.05, 4.69) is 27.6 Å². The van der Waals surface area contributed by atoms with Crippen molar-refractivity contribution >= 4 is 5.96 Å². The van der Waals surface area contributed by atoms with E-state index in [1.807, 2.05) is 20.2 Å². The maximum Gasteiger partial charge on any atom is 0.191 e. The van der Waals surface area contributed by atoms with Gasteiger partial charge in [0.05, 0.1) is 12.7 Å². The average Bonchev–Trinajstić information content (AvgIpc) is 2.99. The molecule has 0 spiro atoms. The number of rotatable bonds is 11. The molecule has 3 N–H and O–H groups in total. The topological polar surface area (TPSA) is 83.7 Å². The number of aryl methyl sites for hydroxylation is 1. The Morgan fingerprint density at radius 3 is 2.71 bits per heavy atom. The third-order valence-electron chi connectivity index (χ3n) is 3.62. The van der Waals surface area contributed by atoms with E-state index >= 15 is 0 Å². The zero-order chi connectivity index (χ0) is 17.8. The van der Waals surface area contributed by atoms with Crippen LogP contribution in [0, 0.1) is 0 Å². The molecule has 1 atom stereocenters. The molecule has 0 aliphatic heterocycles. The fraction of sp³-hybridized carbons (Fsp3) is 0.765. The van der Waals surface area contributed by atoms with Gasteiger partial charge in [0.2, 0.25) is 0 Å². The zero-order valence-corrected chi connectivity index (χ0v) is 15.5. The molecule has 1 heterocycles. The standard InChI is InChI=1S/C17H33N5O2/c1-5-7-10-24-11-8-9-19-16(18-6-2)20-14-17(3,23)15-12-21-22(4)13-15/h12-13,23H,5-11,14H2,1-4H3,(H2,18,19,20). The Morgan fingerprint density at radius 1 is 1.33 bits per heavy atom. The summed E-state index contributed by atoms with van der Waals surface area (Å²) in [4.78, 5) is 4.48. The van der Waals surface area contributed by atoms with Gasteiger partial charge in [-0.1, -0.05) is 13.3 Å². The van der Waals surface area contributed by atoms with Crippen LogP contribution in [0.2, 0.25) is 0 Å². The molecule has 24 heavy (non-hydrogen) atoms. The number of aromatic nitrogens is 2. The summed E-state index contributed by atoms with van der Waals surface area (Å²) in [5.41, 5.74) is -0.284. The fourth-order valence-electron chi connectivity index (χ4n) is 2.09. The lowest BCUT2D eigenvalue weighted by atomic mass is 10.0. The van der Waals surface area contributed by atoms with Crippen molar-refractivity contribution in [3.05, 3.63) is 18.0 Å². The quantitative estimate of drug-likeness (QED) is 0.322. The monoisotopic (exact) mass is 339 g/mol. The number of hydrogen-bond donors (Lipinski definition) is 3. The fourth-order valence-corrected chi connectivity index (χ4v) is 2.09. The number of guanidine groups is 1. The van der Waals surface area contributed by atoms with Gasteiger partial charge in [0.1, 0.15) is 5.60 Å². The minimum Gasteiger partial charge on any atom is -0.383 e. The molecule has 0 aromatic carbocycles. The van der Waals surface area contributed by atoms with E-state index in [1.165, 1.54) is 0 Å². The second-order valence-electron chi connectivity index (χ2n) is 6.12. The third-order valence-corrected chi connectivity index (χ3v) is 3.62. The molecular formula is C17H33N5O2. The van der Waals surface area contributed by atoms with Crippen LogP contribution in [-0.4, -0.2) is 53.7 Å². The molecule has 1 unspecified atom stereocenters. The van der Waals surface area contributed by atoms with Crippen LogP contribution in [0.3, 0.4) is 0 Å². The van der Waals surface area contributed by atoms with Crippen LogP contribution < -0.4 is 10.6 Å². The lowest BCUT2D eigenvalue weighted by molar-refractivity contribution is 0.0671. The van der Waals surface area contributed by atoms with E-state index < -0.39 is 5.60 Å². The normalized spacial score (nSPS) is 14.5. The van der Waals surface area contributed by atoms with Crippen molar-refractivity contribution in [2.24, 2.45) is 12.0 Å². The molecule has 7 heteroatoms. The number of hydrogen-bond acceptors (Lipinski definition) is 4. The summed E-state index contributed by atoms with van der Waals surface area (Å²) in [5, 5.41) is 21.1. The summed E-state index contributed by atoms with van der Waals surface area (Å²) in [5.74, 6) is 0.704. The number of aliphatic hydroxyl groups is 1. The molecule has 1 aromatic heterocycles. The summed E-state index contributed by atoms with van der Waals surface area (Å²) in [6.07, 6.45) is 6.67. The zero-order valence-electron chi connectivity index (χ0n) is 15.5. The van der Waals surface area contributed by atoms with Gasteiger partial charge >= 0.3 is 0 Å². The van der Waals surface area contributed by atoms with Gasteiger partial charge in [-0.2, -0.15) is 5.10 Å². The maximum atomic E-state index is 10.6. The molecule has 1 aromatic rings. The third kappa shape index (κ3) is 7.79. The minimum absolute atomic E-state index is 0.265. The Kier molecular flexibility index (Phi) is 9.41. The molecule has 7 nitrogen and oxygen atoms in total. The highest BCUT2D eigenvalue weighted by Crippen LogP contribution is 2.19.